The molecule has 1 fully saturated rings. The number of hydrogen-bond donors (Lipinski definition) is 2. The van der Waals surface area contributed by atoms with E-state index in [1.807, 2.05) is 0 Å². The van der Waals surface area contributed by atoms with Crippen molar-refractivity contribution in [2.24, 2.45) is 5.92 Å². The maximum atomic E-state index is 11.8. The van der Waals surface area contributed by atoms with Crippen LogP contribution in [0.2, 0.25) is 0 Å². The maximum Gasteiger partial charge on any atom is 0.319 e. The molecule has 21 heavy (non-hydrogen) atoms. The van der Waals surface area contributed by atoms with Gasteiger partial charge in [-0.1, -0.05) is 0 Å². The quantitative estimate of drug-likeness (QED) is 0.894. The van der Waals surface area contributed by atoms with Gasteiger partial charge in [-0.3, -0.25) is 0 Å². The highest BCUT2D eigenvalue weighted by Gasteiger charge is 2.15. The Kier molecular flexibility index (Phi) is 4.45. The van der Waals surface area contributed by atoms with E-state index in [0.29, 0.717) is 29.6 Å². The van der Waals surface area contributed by atoms with Gasteiger partial charge in [0.1, 0.15) is 0 Å². The summed E-state index contributed by atoms with van der Waals surface area (Å²) in [5.74, 6) is 2.03. The minimum atomic E-state index is -0.194. The Balaban J connectivity index is 1.41. The van der Waals surface area contributed by atoms with Gasteiger partial charge >= 0.3 is 6.03 Å². The molecule has 0 saturated carbocycles. The van der Waals surface area contributed by atoms with Crippen molar-refractivity contribution in [1.29, 1.82) is 0 Å². The smallest absolute Gasteiger partial charge is 0.319 e. The lowest BCUT2D eigenvalue weighted by atomic mass is 9.97. The number of benzene rings is 1. The van der Waals surface area contributed by atoms with E-state index in [-0.39, 0.29) is 12.8 Å². The van der Waals surface area contributed by atoms with Crippen LogP contribution in [-0.4, -0.2) is 32.6 Å². The van der Waals surface area contributed by atoms with Crippen molar-refractivity contribution in [3.05, 3.63) is 18.2 Å². The number of carbonyl (C=O) groups is 1. The number of rotatable bonds is 4. The molecule has 1 saturated heterocycles. The molecule has 2 heterocycles. The Bertz CT molecular complexity index is 500. The number of fused-ring (bicyclic) bond motifs is 1. The van der Waals surface area contributed by atoms with Crippen molar-refractivity contribution in [3.8, 4) is 11.5 Å². The average Bonchev–Trinajstić information content (AvgIpc) is 2.96. The zero-order valence-electron chi connectivity index (χ0n) is 11.9. The first-order chi connectivity index (χ1) is 10.3. The first kappa shape index (κ1) is 14.0. The molecular weight excluding hydrogens is 272 g/mol. The summed E-state index contributed by atoms with van der Waals surface area (Å²) < 4.78 is 15.8. The van der Waals surface area contributed by atoms with E-state index in [2.05, 4.69) is 10.6 Å². The third kappa shape index (κ3) is 3.78. The lowest BCUT2D eigenvalue weighted by Gasteiger charge is -2.21. The van der Waals surface area contributed by atoms with Crippen LogP contribution in [0.15, 0.2) is 18.2 Å². The summed E-state index contributed by atoms with van der Waals surface area (Å²) in [7, 11) is 0. The second-order valence-electron chi connectivity index (χ2n) is 5.29. The molecule has 0 aliphatic carbocycles. The Morgan fingerprint density at radius 1 is 1.19 bits per heavy atom. The molecule has 2 aliphatic heterocycles. The van der Waals surface area contributed by atoms with Gasteiger partial charge in [-0.05, 0) is 37.3 Å². The fourth-order valence-electron chi connectivity index (χ4n) is 2.57. The van der Waals surface area contributed by atoms with Gasteiger partial charge in [0.2, 0.25) is 6.79 Å². The molecule has 2 amide bonds. The second-order valence-corrected chi connectivity index (χ2v) is 5.29. The molecular formula is C15H20N2O4. The molecule has 0 unspecified atom stereocenters. The minimum Gasteiger partial charge on any atom is -0.454 e. The van der Waals surface area contributed by atoms with Crippen LogP contribution in [0.4, 0.5) is 10.5 Å². The highest BCUT2D eigenvalue weighted by molar-refractivity contribution is 5.89. The normalized spacial score (nSPS) is 17.5. The molecule has 0 aromatic heterocycles. The van der Waals surface area contributed by atoms with Crippen molar-refractivity contribution in [1.82, 2.24) is 5.32 Å². The number of urea groups is 1. The first-order valence-electron chi connectivity index (χ1n) is 7.33. The molecule has 6 nitrogen and oxygen atoms in total. The summed E-state index contributed by atoms with van der Waals surface area (Å²) in [6.07, 6.45) is 3.18. The summed E-state index contributed by atoms with van der Waals surface area (Å²) in [5, 5.41) is 5.68. The summed E-state index contributed by atoms with van der Waals surface area (Å²) in [4.78, 5) is 11.8. The van der Waals surface area contributed by atoms with E-state index in [0.717, 1.165) is 32.5 Å². The van der Waals surface area contributed by atoms with Crippen molar-refractivity contribution in [3.63, 3.8) is 0 Å². The van der Waals surface area contributed by atoms with E-state index >= 15 is 0 Å². The van der Waals surface area contributed by atoms with Crippen LogP contribution in [0.25, 0.3) is 0 Å². The van der Waals surface area contributed by atoms with Crippen LogP contribution in [0.1, 0.15) is 19.3 Å². The van der Waals surface area contributed by atoms with Gasteiger partial charge in [0.05, 0.1) is 0 Å². The lowest BCUT2D eigenvalue weighted by molar-refractivity contribution is 0.0642. The van der Waals surface area contributed by atoms with Gasteiger partial charge in [-0.15, -0.1) is 0 Å². The van der Waals surface area contributed by atoms with Gasteiger partial charge in [-0.25, -0.2) is 4.79 Å². The van der Waals surface area contributed by atoms with E-state index in [1.165, 1.54) is 0 Å². The van der Waals surface area contributed by atoms with E-state index < -0.39 is 0 Å². The number of carbonyl (C=O) groups excluding carboxylic acids is 1. The Morgan fingerprint density at radius 3 is 2.86 bits per heavy atom. The van der Waals surface area contributed by atoms with Crippen LogP contribution < -0.4 is 20.1 Å². The summed E-state index contributed by atoms with van der Waals surface area (Å²) in [5.41, 5.74) is 0.697. The average molecular weight is 292 g/mol. The van der Waals surface area contributed by atoms with Crippen LogP contribution in [0.5, 0.6) is 11.5 Å². The third-order valence-corrected chi connectivity index (χ3v) is 3.81. The molecule has 0 bridgehead atoms. The fraction of sp³-hybridized carbons (Fsp3) is 0.533. The van der Waals surface area contributed by atoms with Crippen LogP contribution >= 0.6 is 0 Å². The fourth-order valence-corrected chi connectivity index (χ4v) is 2.57. The molecule has 1 aromatic carbocycles. The molecule has 6 heteroatoms. The van der Waals surface area contributed by atoms with E-state index in [1.54, 1.807) is 18.2 Å². The summed E-state index contributed by atoms with van der Waals surface area (Å²) in [6, 6.07) is 5.16. The van der Waals surface area contributed by atoms with Crippen LogP contribution in [0, 0.1) is 5.92 Å². The van der Waals surface area contributed by atoms with Crippen molar-refractivity contribution in [2.45, 2.75) is 19.3 Å². The third-order valence-electron chi connectivity index (χ3n) is 3.81. The molecule has 2 N–H and O–H groups in total. The van der Waals surface area contributed by atoms with Crippen molar-refractivity contribution in [2.75, 3.05) is 31.9 Å². The maximum absolute atomic E-state index is 11.8. The highest BCUT2D eigenvalue weighted by atomic mass is 16.7. The zero-order valence-corrected chi connectivity index (χ0v) is 11.9. The standard InChI is InChI=1S/C15H20N2O4/c18-15(16-6-3-11-4-7-19-8-5-11)17-12-1-2-13-14(9-12)21-10-20-13/h1-2,9,11H,3-8,10H2,(H2,16,17,18). The predicted octanol–water partition coefficient (Wildman–Crippen LogP) is 2.35. The predicted molar refractivity (Wildman–Crippen MR) is 77.7 cm³/mol. The van der Waals surface area contributed by atoms with E-state index in [4.69, 9.17) is 14.2 Å². The van der Waals surface area contributed by atoms with Gasteiger partial charge < -0.3 is 24.8 Å². The Labute approximate surface area is 123 Å². The Morgan fingerprint density at radius 2 is 2.00 bits per heavy atom. The number of ether oxygens (including phenoxy) is 3. The second kappa shape index (κ2) is 6.67. The molecule has 3 rings (SSSR count). The van der Waals surface area contributed by atoms with Gasteiger partial charge in [0.15, 0.2) is 11.5 Å². The molecule has 1 aromatic rings. The molecule has 0 radical (unpaired) electrons. The largest absolute Gasteiger partial charge is 0.454 e. The van der Waals surface area contributed by atoms with Crippen molar-refractivity contribution < 1.29 is 19.0 Å². The zero-order chi connectivity index (χ0) is 14.5. The molecule has 0 spiro atoms. The molecule has 2 aliphatic rings. The Hall–Kier alpha value is -1.95. The molecule has 0 atom stereocenters. The topological polar surface area (TPSA) is 68.8 Å². The number of anilines is 1. The SMILES string of the molecule is O=C(NCCC1CCOCC1)Nc1ccc2c(c1)OCO2. The van der Waals surface area contributed by atoms with Gasteiger partial charge in [-0.2, -0.15) is 0 Å². The van der Waals surface area contributed by atoms with Crippen LogP contribution in [-0.2, 0) is 4.74 Å². The summed E-state index contributed by atoms with van der Waals surface area (Å²) in [6.45, 7) is 2.60. The van der Waals surface area contributed by atoms with Gasteiger partial charge in [0.25, 0.3) is 0 Å². The molecule has 114 valence electrons. The van der Waals surface area contributed by atoms with Crippen molar-refractivity contribution >= 4 is 11.7 Å². The number of hydrogen-bond acceptors (Lipinski definition) is 4. The van der Waals surface area contributed by atoms with E-state index in [9.17, 15) is 4.79 Å². The highest BCUT2D eigenvalue weighted by Crippen LogP contribution is 2.34. The van der Waals surface area contributed by atoms with Gasteiger partial charge in [0, 0.05) is 31.5 Å². The van der Waals surface area contributed by atoms with Crippen LogP contribution in [0.3, 0.4) is 0 Å². The number of amides is 2. The number of nitrogens with one attached hydrogen (secondary N) is 2. The monoisotopic (exact) mass is 292 g/mol. The lowest BCUT2D eigenvalue weighted by Crippen LogP contribution is -2.31. The summed E-state index contributed by atoms with van der Waals surface area (Å²) >= 11 is 0. The minimum absolute atomic E-state index is 0.194. The first-order valence-corrected chi connectivity index (χ1v) is 7.33.